The third-order valence-corrected chi connectivity index (χ3v) is 14.5. The Labute approximate surface area is 315 Å². The molecule has 0 atom stereocenters. The Hall–Kier alpha value is -3.76. The van der Waals surface area contributed by atoms with Crippen LogP contribution in [0.3, 0.4) is 0 Å². The predicted octanol–water partition coefficient (Wildman–Crippen LogP) is 4.21. The highest BCUT2D eigenvalue weighted by atomic mass is 35.5. The van der Waals surface area contributed by atoms with E-state index in [2.05, 4.69) is 4.90 Å². The highest BCUT2D eigenvalue weighted by Gasteiger charge is 2.30. The van der Waals surface area contributed by atoms with Gasteiger partial charge in [0.05, 0.1) is 32.8 Å². The fourth-order valence-corrected chi connectivity index (χ4v) is 10.1. The van der Waals surface area contributed by atoms with Gasteiger partial charge in [-0.3, -0.25) is 14.5 Å². The lowest BCUT2D eigenvalue weighted by Crippen LogP contribution is -2.39. The van der Waals surface area contributed by atoms with Crippen molar-refractivity contribution in [2.75, 3.05) is 49.3 Å². The minimum Gasteiger partial charge on any atom is -0.396 e. The Morgan fingerprint density at radius 3 is 1.62 bits per heavy atom. The van der Waals surface area contributed by atoms with Crippen LogP contribution in [-0.2, 0) is 42.5 Å². The number of carbonyl (C=O) groups is 2. The monoisotopic (exact) mass is 801 g/mol. The van der Waals surface area contributed by atoms with Gasteiger partial charge >= 0.3 is 0 Å². The van der Waals surface area contributed by atoms with Crippen LogP contribution < -0.4 is 0 Å². The lowest BCUT2D eigenvalue weighted by molar-refractivity contribution is 0.0991. The second-order valence-corrected chi connectivity index (χ2v) is 19.8. The van der Waals surface area contributed by atoms with Crippen LogP contribution >= 0.6 is 11.6 Å². The van der Waals surface area contributed by atoms with Crippen LogP contribution in [0.1, 0.15) is 50.2 Å². The third-order valence-electron chi connectivity index (χ3n) is 9.02. The van der Waals surface area contributed by atoms with Crippen molar-refractivity contribution < 1.29 is 45.1 Å². The van der Waals surface area contributed by atoms with E-state index in [0.717, 1.165) is 17.7 Å². The van der Waals surface area contributed by atoms with Crippen LogP contribution in [0.25, 0.3) is 11.1 Å². The number of aliphatic hydroxyl groups is 2. The number of benzene rings is 4. The molecule has 0 radical (unpaired) electrons. The summed E-state index contributed by atoms with van der Waals surface area (Å²) in [5.74, 6) is -0.344. The molecular formula is C38H40ClNO10S3. The molecule has 0 bridgehead atoms. The molecule has 282 valence electrons. The Morgan fingerprint density at radius 1 is 0.679 bits per heavy atom. The summed E-state index contributed by atoms with van der Waals surface area (Å²) in [6.07, 6.45) is 0.551. The average Bonchev–Trinajstić information content (AvgIpc) is 3.42. The van der Waals surface area contributed by atoms with E-state index in [4.69, 9.17) is 21.8 Å². The molecule has 0 aromatic heterocycles. The lowest BCUT2D eigenvalue weighted by Gasteiger charge is -2.26. The van der Waals surface area contributed by atoms with Crippen LogP contribution in [0, 0.1) is 0 Å². The number of aliphatic hydroxyl groups excluding tert-OH is 2. The minimum atomic E-state index is -3.63. The summed E-state index contributed by atoms with van der Waals surface area (Å²) in [7, 11) is -10.1. The Kier molecular flexibility index (Phi) is 13.1. The fourth-order valence-electron chi connectivity index (χ4n) is 6.02. The number of carbonyl (C=O) groups excluding carboxylic acids is 2. The molecule has 0 unspecified atom stereocenters. The number of fused-ring (bicyclic) bond motifs is 3. The maximum atomic E-state index is 12.8. The van der Waals surface area contributed by atoms with Crippen molar-refractivity contribution in [3.63, 3.8) is 0 Å². The zero-order chi connectivity index (χ0) is 38.4. The van der Waals surface area contributed by atoms with Crippen molar-refractivity contribution in [1.82, 2.24) is 4.90 Å². The quantitative estimate of drug-likeness (QED) is 0.163. The summed E-state index contributed by atoms with van der Waals surface area (Å²) in [4.78, 5) is 27.2. The fraction of sp³-hybridized carbons (Fsp3) is 0.316. The van der Waals surface area contributed by atoms with Crippen LogP contribution in [0.4, 0.5) is 0 Å². The van der Waals surface area contributed by atoms with Gasteiger partial charge in [-0.15, -0.1) is 0 Å². The molecule has 4 aromatic carbocycles. The zero-order valence-corrected chi connectivity index (χ0v) is 32.0. The van der Waals surface area contributed by atoms with Crippen molar-refractivity contribution >= 4 is 52.7 Å². The molecule has 1 aliphatic carbocycles. The Bertz CT molecular complexity index is 2210. The molecule has 1 saturated heterocycles. The molecule has 6 rings (SSSR count). The first-order chi connectivity index (χ1) is 25.1. The van der Waals surface area contributed by atoms with E-state index in [1.807, 2.05) is 24.3 Å². The first-order valence-electron chi connectivity index (χ1n) is 16.9. The van der Waals surface area contributed by atoms with Crippen molar-refractivity contribution in [2.45, 2.75) is 35.6 Å². The van der Waals surface area contributed by atoms with Crippen LogP contribution in [0.5, 0.6) is 0 Å². The van der Waals surface area contributed by atoms with Crippen LogP contribution in [0.2, 0.25) is 5.02 Å². The Morgan fingerprint density at radius 2 is 1.15 bits per heavy atom. The number of Topliss-reactive ketones (excluding diaryl/α,β-unsaturated/α-hetero) is 1. The van der Waals surface area contributed by atoms with E-state index in [9.17, 15) is 34.8 Å². The van der Waals surface area contributed by atoms with Crippen LogP contribution in [-0.4, -0.2) is 101 Å². The normalized spacial score (nSPS) is 15.3. The van der Waals surface area contributed by atoms with Gasteiger partial charge in [-0.25, -0.2) is 25.3 Å². The van der Waals surface area contributed by atoms with Crippen molar-refractivity contribution in [3.8, 4) is 11.1 Å². The molecule has 53 heavy (non-hydrogen) atoms. The summed E-state index contributed by atoms with van der Waals surface area (Å²) in [5.41, 5.74) is 4.28. The number of sulfone groups is 3. The molecule has 0 spiro atoms. The molecule has 4 aromatic rings. The van der Waals surface area contributed by atoms with Gasteiger partial charge in [-0.05, 0) is 83.6 Å². The summed E-state index contributed by atoms with van der Waals surface area (Å²) in [6, 6.07) is 23.4. The molecular weight excluding hydrogens is 762 g/mol. The molecule has 1 heterocycles. The predicted molar refractivity (Wildman–Crippen MR) is 203 cm³/mol. The number of hydrogen-bond donors (Lipinski definition) is 2. The maximum absolute atomic E-state index is 12.8. The second-order valence-electron chi connectivity index (χ2n) is 12.9. The molecule has 1 aliphatic heterocycles. The summed E-state index contributed by atoms with van der Waals surface area (Å²) in [6.45, 7) is 1.41. The minimum absolute atomic E-state index is 0.00310. The average molecular weight is 802 g/mol. The molecule has 1 fully saturated rings. The van der Waals surface area contributed by atoms with Gasteiger partial charge < -0.3 is 10.2 Å². The van der Waals surface area contributed by atoms with Gasteiger partial charge in [0, 0.05) is 61.0 Å². The highest BCUT2D eigenvalue weighted by Crippen LogP contribution is 2.39. The number of nitrogens with zero attached hydrogens (tertiary/aromatic N) is 1. The summed E-state index contributed by atoms with van der Waals surface area (Å²) < 4.78 is 72.3. The van der Waals surface area contributed by atoms with E-state index < -0.39 is 35.3 Å². The van der Waals surface area contributed by atoms with Gasteiger partial charge in [-0.1, -0.05) is 48.0 Å². The van der Waals surface area contributed by atoms with Crippen molar-refractivity contribution in [1.29, 1.82) is 0 Å². The number of rotatable bonds is 13. The van der Waals surface area contributed by atoms with Gasteiger partial charge in [0.2, 0.25) is 0 Å². The summed E-state index contributed by atoms with van der Waals surface area (Å²) >= 11 is 5.84. The number of ketones is 2. The Balaban J connectivity index is 0.000000206. The van der Waals surface area contributed by atoms with E-state index >= 15 is 0 Å². The lowest BCUT2D eigenvalue weighted by atomic mass is 10.0. The molecule has 2 N–H and O–H groups in total. The number of halogens is 1. The van der Waals surface area contributed by atoms with E-state index in [0.29, 0.717) is 41.2 Å². The zero-order valence-electron chi connectivity index (χ0n) is 28.8. The maximum Gasteiger partial charge on any atom is 0.194 e. The van der Waals surface area contributed by atoms with E-state index in [-0.39, 0.29) is 75.8 Å². The standard InChI is InChI=1S/C19H20ClNO3S.C19H20O7S2/c20-18-7-5-17(6-8-18)19(22)13-15-1-3-16(4-2-15)14-21-9-11-25(23,24)12-10-21;20-7-1-9-27(23,24)13-3-5-15-16-6-4-14(28(25,26)10-2-8-21)12-18(16)19(22)17(15)11-13/h1-8H,9-14H2;3-6,11-12,20-21H,1-2,7-10H2. The molecule has 2 aliphatic rings. The van der Waals surface area contributed by atoms with Crippen molar-refractivity contribution in [3.05, 3.63) is 118 Å². The first kappa shape index (κ1) is 40.4. The van der Waals surface area contributed by atoms with Crippen molar-refractivity contribution in [2.24, 2.45) is 0 Å². The molecule has 0 saturated carbocycles. The van der Waals surface area contributed by atoms with Gasteiger partial charge in [0.25, 0.3) is 0 Å². The highest BCUT2D eigenvalue weighted by molar-refractivity contribution is 7.92. The van der Waals surface area contributed by atoms with E-state index in [1.54, 1.807) is 36.4 Å². The van der Waals surface area contributed by atoms with Gasteiger partial charge in [-0.2, -0.15) is 0 Å². The summed E-state index contributed by atoms with van der Waals surface area (Å²) in [5, 5.41) is 18.3. The van der Waals surface area contributed by atoms with Gasteiger partial charge in [0.1, 0.15) is 0 Å². The second kappa shape index (κ2) is 17.1. The largest absolute Gasteiger partial charge is 0.396 e. The number of hydrogen-bond acceptors (Lipinski definition) is 11. The molecule has 11 nitrogen and oxygen atoms in total. The topological polar surface area (TPSA) is 180 Å². The van der Waals surface area contributed by atoms with E-state index in [1.165, 1.54) is 24.3 Å². The van der Waals surface area contributed by atoms with Gasteiger partial charge in [0.15, 0.2) is 41.1 Å². The smallest absolute Gasteiger partial charge is 0.194 e. The molecule has 15 heteroatoms. The SMILES string of the molecule is O=C(Cc1ccc(CN2CCS(=O)(=O)CC2)cc1)c1ccc(Cl)cc1.O=C1c2cc(S(=O)(=O)CCCO)ccc2-c2ccc(S(=O)(=O)CCCO)cc21. The van der Waals surface area contributed by atoms with Crippen LogP contribution in [0.15, 0.2) is 94.7 Å². The third kappa shape index (κ3) is 10.3. The first-order valence-corrected chi connectivity index (χ1v) is 22.4. The molecule has 0 amide bonds.